The highest BCUT2D eigenvalue weighted by Crippen LogP contribution is 2.03. The van der Waals surface area contributed by atoms with Crippen molar-refractivity contribution in [3.8, 4) is 0 Å². The van der Waals surface area contributed by atoms with Gasteiger partial charge in [-0.25, -0.2) is 0 Å². The topological polar surface area (TPSA) is 63.3 Å². The van der Waals surface area contributed by atoms with E-state index >= 15 is 0 Å². The molecule has 0 bridgehead atoms. The predicted molar refractivity (Wildman–Crippen MR) is 48.5 cm³/mol. The number of rotatable bonds is 6. The number of amides is 1. The van der Waals surface area contributed by atoms with Crippen LogP contribution in [0.25, 0.3) is 0 Å². The average Bonchev–Trinajstić information content (AvgIpc) is 2.01. The van der Waals surface area contributed by atoms with Crippen LogP contribution in [0.4, 0.5) is 0 Å². The summed E-state index contributed by atoms with van der Waals surface area (Å²) in [5.74, 6) is -0.510. The summed E-state index contributed by atoms with van der Waals surface area (Å²) in [4.78, 5) is 10.3. The number of hydrogen-bond donors (Lipinski definition) is 2. The molecule has 12 heavy (non-hydrogen) atoms. The van der Waals surface area contributed by atoms with Gasteiger partial charge in [0.1, 0.15) is 0 Å². The highest BCUT2D eigenvalue weighted by molar-refractivity contribution is 5.85. The zero-order valence-corrected chi connectivity index (χ0v) is 7.49. The largest absolute Gasteiger partial charge is 0.389 e. The fraction of sp³-hybridized carbons (Fsp3) is 0.667. The van der Waals surface area contributed by atoms with Crippen LogP contribution in [-0.2, 0) is 4.79 Å². The van der Waals surface area contributed by atoms with Crippen molar-refractivity contribution < 1.29 is 9.90 Å². The maximum Gasteiger partial charge on any atom is 0.241 e. The molecule has 0 radical (unpaired) electrons. The molecule has 0 fully saturated rings. The van der Waals surface area contributed by atoms with Gasteiger partial charge in [0.2, 0.25) is 5.91 Å². The lowest BCUT2D eigenvalue weighted by Gasteiger charge is -2.02. The van der Waals surface area contributed by atoms with E-state index in [4.69, 9.17) is 5.73 Å². The fourth-order valence-corrected chi connectivity index (χ4v) is 0.906. The van der Waals surface area contributed by atoms with Crippen molar-refractivity contribution in [1.82, 2.24) is 0 Å². The normalized spacial score (nSPS) is 13.5. The maximum absolute atomic E-state index is 10.3. The molecule has 3 N–H and O–H groups in total. The molecule has 1 amide bonds. The van der Waals surface area contributed by atoms with Crippen molar-refractivity contribution in [1.29, 1.82) is 0 Å². The molecule has 0 spiro atoms. The average molecular weight is 171 g/mol. The minimum atomic E-state index is -0.524. The second-order valence-electron chi connectivity index (χ2n) is 2.82. The molecule has 1 unspecified atom stereocenters. The van der Waals surface area contributed by atoms with Crippen molar-refractivity contribution in [2.75, 3.05) is 0 Å². The molecule has 0 saturated heterocycles. The molecule has 0 heterocycles. The Labute approximate surface area is 73.3 Å². The Hall–Kier alpha value is -0.830. The van der Waals surface area contributed by atoms with Gasteiger partial charge < -0.3 is 10.8 Å². The first kappa shape index (κ1) is 11.2. The lowest BCUT2D eigenvalue weighted by atomic mass is 10.1. The van der Waals surface area contributed by atoms with Crippen LogP contribution in [0.3, 0.4) is 0 Å². The Bertz CT molecular complexity index is 155. The van der Waals surface area contributed by atoms with Crippen LogP contribution in [0.1, 0.15) is 32.6 Å². The Morgan fingerprint density at radius 2 is 2.25 bits per heavy atom. The summed E-state index contributed by atoms with van der Waals surface area (Å²) >= 11 is 0. The molecule has 0 aromatic rings. The van der Waals surface area contributed by atoms with Gasteiger partial charge in [-0.2, -0.15) is 0 Å². The number of unbranched alkanes of at least 4 members (excludes halogenated alkanes) is 2. The molecule has 0 aliphatic carbocycles. The Morgan fingerprint density at radius 1 is 1.58 bits per heavy atom. The minimum absolute atomic E-state index is 0.510. The van der Waals surface area contributed by atoms with Gasteiger partial charge in [0.15, 0.2) is 0 Å². The molecule has 0 rings (SSSR count). The maximum atomic E-state index is 10.3. The van der Waals surface area contributed by atoms with Crippen LogP contribution >= 0.6 is 0 Å². The zero-order chi connectivity index (χ0) is 9.40. The summed E-state index contributed by atoms with van der Waals surface area (Å²) in [7, 11) is 0. The summed E-state index contributed by atoms with van der Waals surface area (Å²) in [6.07, 6.45) is 6.06. The van der Waals surface area contributed by atoms with Crippen molar-refractivity contribution in [3.63, 3.8) is 0 Å². The molecule has 0 aliphatic rings. The van der Waals surface area contributed by atoms with Gasteiger partial charge in [0.05, 0.1) is 6.10 Å². The monoisotopic (exact) mass is 171 g/mol. The van der Waals surface area contributed by atoms with E-state index in [1.54, 1.807) is 0 Å². The van der Waals surface area contributed by atoms with E-state index in [-0.39, 0.29) is 0 Å². The van der Waals surface area contributed by atoms with Crippen molar-refractivity contribution in [3.05, 3.63) is 12.2 Å². The van der Waals surface area contributed by atoms with Crippen LogP contribution in [0.5, 0.6) is 0 Å². The van der Waals surface area contributed by atoms with Crippen molar-refractivity contribution in [2.45, 2.75) is 38.7 Å². The number of carbonyl (C=O) groups excluding carboxylic acids is 1. The Kier molecular flexibility index (Phi) is 6.38. The van der Waals surface area contributed by atoms with Crippen LogP contribution in [0.2, 0.25) is 0 Å². The molecule has 0 aliphatic heterocycles. The zero-order valence-electron chi connectivity index (χ0n) is 7.49. The minimum Gasteiger partial charge on any atom is -0.389 e. The van der Waals surface area contributed by atoms with E-state index in [0.717, 1.165) is 19.3 Å². The first-order valence-corrected chi connectivity index (χ1v) is 4.32. The molecular weight excluding hydrogens is 154 g/mol. The smallest absolute Gasteiger partial charge is 0.241 e. The van der Waals surface area contributed by atoms with Gasteiger partial charge in [-0.1, -0.05) is 32.3 Å². The predicted octanol–water partition coefficient (Wildman–Crippen LogP) is 0.969. The second-order valence-corrected chi connectivity index (χ2v) is 2.82. The molecule has 3 heteroatoms. The standard InChI is InChI=1S/C9H17NO2/c1-2-3-4-5-8(11)6-7-9(10)12/h6-8,11H,2-5H2,1H3,(H2,10,12). The van der Waals surface area contributed by atoms with Gasteiger partial charge in [-0.15, -0.1) is 0 Å². The number of primary amides is 1. The third-order valence-corrected chi connectivity index (χ3v) is 1.59. The summed E-state index contributed by atoms with van der Waals surface area (Å²) in [5.41, 5.74) is 4.86. The SMILES string of the molecule is CCCCCC(O)C=CC(N)=O. The number of nitrogens with two attached hydrogens (primary N) is 1. The van der Waals surface area contributed by atoms with E-state index in [2.05, 4.69) is 6.92 Å². The van der Waals surface area contributed by atoms with Crippen molar-refractivity contribution >= 4 is 5.91 Å². The summed E-state index contributed by atoms with van der Waals surface area (Å²) in [6, 6.07) is 0. The van der Waals surface area contributed by atoms with Crippen molar-refractivity contribution in [2.24, 2.45) is 5.73 Å². The first-order chi connectivity index (χ1) is 5.66. The van der Waals surface area contributed by atoms with Crippen LogP contribution < -0.4 is 5.73 Å². The van der Waals surface area contributed by atoms with Crippen LogP contribution in [0, 0.1) is 0 Å². The fourth-order valence-electron chi connectivity index (χ4n) is 0.906. The Balaban J connectivity index is 3.45. The van der Waals surface area contributed by atoms with Crippen LogP contribution in [0.15, 0.2) is 12.2 Å². The lowest BCUT2D eigenvalue weighted by Crippen LogP contribution is -2.09. The van der Waals surface area contributed by atoms with Gasteiger partial charge in [-0.3, -0.25) is 4.79 Å². The highest BCUT2D eigenvalue weighted by Gasteiger charge is 1.97. The quantitative estimate of drug-likeness (QED) is 0.462. The summed E-state index contributed by atoms with van der Waals surface area (Å²) in [5, 5.41) is 9.23. The molecule has 0 saturated carbocycles. The van der Waals surface area contributed by atoms with E-state index in [1.807, 2.05) is 0 Å². The number of aliphatic hydroxyl groups is 1. The van der Waals surface area contributed by atoms with Gasteiger partial charge >= 0.3 is 0 Å². The number of aliphatic hydroxyl groups excluding tert-OH is 1. The number of hydrogen-bond acceptors (Lipinski definition) is 2. The van der Waals surface area contributed by atoms with E-state index in [9.17, 15) is 9.90 Å². The molecular formula is C9H17NO2. The molecule has 3 nitrogen and oxygen atoms in total. The Morgan fingerprint density at radius 3 is 2.75 bits per heavy atom. The molecule has 0 aromatic heterocycles. The number of carbonyl (C=O) groups is 1. The first-order valence-electron chi connectivity index (χ1n) is 4.32. The molecule has 1 atom stereocenters. The van der Waals surface area contributed by atoms with Crippen LogP contribution in [-0.4, -0.2) is 17.1 Å². The van der Waals surface area contributed by atoms with E-state index in [1.165, 1.54) is 12.2 Å². The second kappa shape index (κ2) is 6.85. The van der Waals surface area contributed by atoms with Gasteiger partial charge in [0.25, 0.3) is 0 Å². The van der Waals surface area contributed by atoms with Gasteiger partial charge in [-0.05, 0) is 6.42 Å². The molecule has 70 valence electrons. The third kappa shape index (κ3) is 7.28. The van der Waals surface area contributed by atoms with E-state index < -0.39 is 12.0 Å². The highest BCUT2D eigenvalue weighted by atomic mass is 16.3. The molecule has 0 aromatic carbocycles. The summed E-state index contributed by atoms with van der Waals surface area (Å²) < 4.78 is 0. The van der Waals surface area contributed by atoms with E-state index in [0.29, 0.717) is 6.42 Å². The van der Waals surface area contributed by atoms with Gasteiger partial charge in [0, 0.05) is 6.08 Å². The summed E-state index contributed by atoms with van der Waals surface area (Å²) in [6.45, 7) is 2.10. The third-order valence-electron chi connectivity index (χ3n) is 1.59. The lowest BCUT2D eigenvalue weighted by molar-refractivity contribution is -0.113.